The van der Waals surface area contributed by atoms with E-state index in [2.05, 4.69) is 15.0 Å². The largest absolute Gasteiger partial charge is 0.464 e. The minimum Gasteiger partial charge on any atom is -0.464 e. The average molecular weight is 429 g/mol. The monoisotopic (exact) mass is 428 g/mol. The lowest BCUT2D eigenvalue weighted by molar-refractivity contribution is -0.122. The number of ether oxygens (including phenoxy) is 1. The summed E-state index contributed by atoms with van der Waals surface area (Å²) in [6, 6.07) is 9.52. The molecule has 1 aromatic carbocycles. The Hall–Kier alpha value is -2.67. The Labute approximate surface area is 183 Å². The molecule has 2 atom stereocenters. The molecule has 7 nitrogen and oxygen atoms in total. The van der Waals surface area contributed by atoms with Gasteiger partial charge in [-0.2, -0.15) is 0 Å². The number of aromatic nitrogens is 1. The van der Waals surface area contributed by atoms with Gasteiger partial charge in [0.25, 0.3) is 0 Å². The van der Waals surface area contributed by atoms with Crippen molar-refractivity contribution in [2.45, 2.75) is 69.9 Å². The van der Waals surface area contributed by atoms with E-state index < -0.39 is 12.1 Å². The van der Waals surface area contributed by atoms with E-state index in [4.69, 9.17) is 4.42 Å². The van der Waals surface area contributed by atoms with Gasteiger partial charge in [-0.1, -0.05) is 62.4 Å². The van der Waals surface area contributed by atoms with Crippen LogP contribution < -0.4 is 5.32 Å². The molecule has 1 aliphatic rings. The predicted molar refractivity (Wildman–Crippen MR) is 115 cm³/mol. The molecule has 3 rings (SSSR count). The average Bonchev–Trinajstić information content (AvgIpc) is 3.31. The van der Waals surface area contributed by atoms with E-state index in [0.29, 0.717) is 25.2 Å². The number of benzene rings is 1. The zero-order valence-electron chi connectivity index (χ0n) is 18.1. The van der Waals surface area contributed by atoms with Gasteiger partial charge in [-0.25, -0.2) is 9.78 Å². The van der Waals surface area contributed by atoms with Crippen LogP contribution in [0.4, 0.5) is 0 Å². The molecule has 31 heavy (non-hydrogen) atoms. The molecule has 0 saturated heterocycles. The van der Waals surface area contributed by atoms with Crippen molar-refractivity contribution in [2.24, 2.45) is 5.92 Å². The van der Waals surface area contributed by atoms with E-state index >= 15 is 0 Å². The van der Waals surface area contributed by atoms with Crippen LogP contribution in [0.3, 0.4) is 0 Å². The second-order valence-corrected chi connectivity index (χ2v) is 8.23. The van der Waals surface area contributed by atoms with Crippen molar-refractivity contribution in [1.82, 2.24) is 10.3 Å². The molecule has 0 radical (unpaired) electrons. The second kappa shape index (κ2) is 11.6. The second-order valence-electron chi connectivity index (χ2n) is 8.23. The van der Waals surface area contributed by atoms with Crippen molar-refractivity contribution in [3.05, 3.63) is 53.7 Å². The smallest absolute Gasteiger partial charge is 0.360 e. The number of carbonyl (C=O) groups is 2. The quantitative estimate of drug-likeness (QED) is 0.541. The highest BCUT2D eigenvalue weighted by atomic mass is 16.5. The zero-order chi connectivity index (χ0) is 22.1. The van der Waals surface area contributed by atoms with Gasteiger partial charge in [-0.3, -0.25) is 4.79 Å². The molecule has 1 aromatic heterocycles. The fourth-order valence-corrected chi connectivity index (χ4v) is 4.17. The maximum absolute atomic E-state index is 12.6. The maximum Gasteiger partial charge on any atom is 0.360 e. The lowest BCUT2D eigenvalue weighted by atomic mass is 9.86. The molecule has 1 heterocycles. The van der Waals surface area contributed by atoms with Crippen LogP contribution in [-0.2, 0) is 9.53 Å². The lowest BCUT2D eigenvalue weighted by Crippen LogP contribution is -2.29. The van der Waals surface area contributed by atoms with Gasteiger partial charge >= 0.3 is 5.97 Å². The Morgan fingerprint density at radius 3 is 2.65 bits per heavy atom. The highest BCUT2D eigenvalue weighted by Gasteiger charge is 2.22. The zero-order valence-corrected chi connectivity index (χ0v) is 18.1. The van der Waals surface area contributed by atoms with Gasteiger partial charge in [0, 0.05) is 6.42 Å². The van der Waals surface area contributed by atoms with E-state index in [1.807, 2.05) is 30.3 Å². The molecule has 2 aromatic rings. The molecule has 7 heteroatoms. The molecule has 2 unspecified atom stereocenters. The summed E-state index contributed by atoms with van der Waals surface area (Å²) < 4.78 is 9.83. The first-order valence-corrected chi connectivity index (χ1v) is 11.1. The van der Waals surface area contributed by atoms with E-state index in [-0.39, 0.29) is 23.5 Å². The normalized spacial score (nSPS) is 16.5. The summed E-state index contributed by atoms with van der Waals surface area (Å²) in [5, 5.41) is 13.6. The molecular weight excluding hydrogens is 396 g/mol. The number of methoxy groups -OCH3 is 1. The Balaban J connectivity index is 1.56. The van der Waals surface area contributed by atoms with Crippen LogP contribution >= 0.6 is 0 Å². The number of aliphatic hydroxyl groups excluding tert-OH is 1. The SMILES string of the molecule is COC(=O)c1coc(C(O)CCC(NC(=O)CCC2CCCCC2)c2ccccc2)n1. The fraction of sp³-hybridized carbons (Fsp3) is 0.542. The third-order valence-corrected chi connectivity index (χ3v) is 5.97. The molecule has 168 valence electrons. The Kier molecular flexibility index (Phi) is 8.64. The maximum atomic E-state index is 12.6. The van der Waals surface area contributed by atoms with Crippen LogP contribution in [0, 0.1) is 5.92 Å². The van der Waals surface area contributed by atoms with Crippen LogP contribution in [-0.4, -0.2) is 29.1 Å². The lowest BCUT2D eigenvalue weighted by Gasteiger charge is -2.23. The molecular formula is C24H32N2O5. The van der Waals surface area contributed by atoms with Gasteiger partial charge in [0.05, 0.1) is 13.2 Å². The van der Waals surface area contributed by atoms with Gasteiger partial charge in [-0.15, -0.1) is 0 Å². The number of hydrogen-bond acceptors (Lipinski definition) is 6. The molecule has 1 saturated carbocycles. The third-order valence-electron chi connectivity index (χ3n) is 5.97. The Morgan fingerprint density at radius 1 is 1.19 bits per heavy atom. The Morgan fingerprint density at radius 2 is 1.94 bits per heavy atom. The topological polar surface area (TPSA) is 102 Å². The summed E-state index contributed by atoms with van der Waals surface area (Å²) in [5.41, 5.74) is 1.01. The number of carbonyl (C=O) groups excluding carboxylic acids is 2. The summed E-state index contributed by atoms with van der Waals surface area (Å²) in [4.78, 5) is 28.2. The standard InChI is InChI=1S/C24H32N2O5/c1-30-24(29)20-16-31-23(26-20)21(27)14-13-19(18-10-6-3-7-11-18)25-22(28)15-12-17-8-4-2-5-9-17/h3,6-7,10-11,16-17,19,21,27H,2,4-5,8-9,12-15H2,1H3,(H,25,28). The molecule has 0 aliphatic heterocycles. The van der Waals surface area contributed by atoms with Crippen molar-refractivity contribution in [3.8, 4) is 0 Å². The van der Waals surface area contributed by atoms with Gasteiger partial charge in [0.1, 0.15) is 12.4 Å². The van der Waals surface area contributed by atoms with E-state index in [1.54, 1.807) is 0 Å². The van der Waals surface area contributed by atoms with E-state index in [0.717, 1.165) is 12.0 Å². The van der Waals surface area contributed by atoms with Gasteiger partial charge in [-0.05, 0) is 30.7 Å². The minimum absolute atomic E-state index is 0.0205. The highest BCUT2D eigenvalue weighted by Crippen LogP contribution is 2.28. The number of nitrogens with zero attached hydrogens (tertiary/aromatic N) is 1. The molecule has 1 amide bonds. The van der Waals surface area contributed by atoms with E-state index in [1.165, 1.54) is 45.5 Å². The summed E-state index contributed by atoms with van der Waals surface area (Å²) in [7, 11) is 1.26. The van der Waals surface area contributed by atoms with Crippen LogP contribution in [0.15, 0.2) is 41.0 Å². The van der Waals surface area contributed by atoms with Crippen molar-refractivity contribution >= 4 is 11.9 Å². The van der Waals surface area contributed by atoms with Gasteiger partial charge < -0.3 is 19.6 Å². The van der Waals surface area contributed by atoms with Crippen molar-refractivity contribution in [1.29, 1.82) is 0 Å². The molecule has 2 N–H and O–H groups in total. The number of hydrogen-bond donors (Lipinski definition) is 2. The van der Waals surface area contributed by atoms with Crippen LogP contribution in [0.2, 0.25) is 0 Å². The molecule has 1 aliphatic carbocycles. The first-order valence-electron chi connectivity index (χ1n) is 11.1. The minimum atomic E-state index is -0.983. The number of aliphatic hydroxyl groups is 1. The predicted octanol–water partition coefficient (Wildman–Crippen LogP) is 4.49. The fourth-order valence-electron chi connectivity index (χ4n) is 4.17. The number of nitrogens with one attached hydrogen (secondary N) is 1. The van der Waals surface area contributed by atoms with Gasteiger partial charge in [0.2, 0.25) is 11.8 Å². The van der Waals surface area contributed by atoms with Crippen LogP contribution in [0.1, 0.15) is 91.9 Å². The first-order chi connectivity index (χ1) is 15.1. The number of oxazole rings is 1. The third kappa shape index (κ3) is 6.92. The van der Waals surface area contributed by atoms with Crippen molar-refractivity contribution < 1.29 is 23.8 Å². The van der Waals surface area contributed by atoms with Crippen LogP contribution in [0.25, 0.3) is 0 Å². The van der Waals surface area contributed by atoms with E-state index in [9.17, 15) is 14.7 Å². The number of esters is 1. The summed E-state index contributed by atoms with van der Waals surface area (Å²) in [6.07, 6.45) is 8.80. The number of rotatable bonds is 10. The van der Waals surface area contributed by atoms with Crippen molar-refractivity contribution in [2.75, 3.05) is 7.11 Å². The van der Waals surface area contributed by atoms with Gasteiger partial charge in [0.15, 0.2) is 5.69 Å². The Bertz CT molecular complexity index is 830. The summed E-state index contributed by atoms with van der Waals surface area (Å²) >= 11 is 0. The number of amides is 1. The molecule has 0 spiro atoms. The van der Waals surface area contributed by atoms with Crippen molar-refractivity contribution in [3.63, 3.8) is 0 Å². The first kappa shape index (κ1) is 23.0. The molecule has 1 fully saturated rings. The summed E-state index contributed by atoms with van der Waals surface area (Å²) in [5.74, 6) is 0.147. The highest BCUT2D eigenvalue weighted by molar-refractivity contribution is 5.86. The van der Waals surface area contributed by atoms with Crippen LogP contribution in [0.5, 0.6) is 0 Å². The molecule has 0 bridgehead atoms. The summed E-state index contributed by atoms with van der Waals surface area (Å²) in [6.45, 7) is 0.